The Morgan fingerprint density at radius 1 is 1.39 bits per heavy atom. The minimum absolute atomic E-state index is 0.0812. The van der Waals surface area contributed by atoms with Crippen molar-refractivity contribution >= 4 is 11.7 Å². The quantitative estimate of drug-likeness (QED) is 0.715. The van der Waals surface area contributed by atoms with E-state index in [-0.39, 0.29) is 11.9 Å². The van der Waals surface area contributed by atoms with Gasteiger partial charge in [0.25, 0.3) is 0 Å². The molecule has 3 N–H and O–H groups in total. The number of aromatic amines is 1. The van der Waals surface area contributed by atoms with Crippen LogP contribution in [0.4, 0.5) is 5.82 Å². The first-order valence-electron chi connectivity index (χ1n) is 5.79. The Kier molecular flexibility index (Phi) is 2.77. The third kappa shape index (κ3) is 2.10. The average molecular weight is 243 g/mol. The lowest BCUT2D eigenvalue weighted by Crippen LogP contribution is -2.44. The summed E-state index contributed by atoms with van der Waals surface area (Å²) in [5.41, 5.74) is 2.01. The van der Waals surface area contributed by atoms with E-state index in [0.717, 1.165) is 11.4 Å². The predicted octanol–water partition coefficient (Wildman–Crippen LogP) is 0.458. The highest BCUT2D eigenvalue weighted by Gasteiger charge is 2.25. The smallest absolute Gasteiger partial charge is 0.243 e. The molecular formula is C12H13N5O. The van der Waals surface area contributed by atoms with Crippen molar-refractivity contribution in [2.75, 3.05) is 5.32 Å². The molecule has 0 saturated carbocycles. The summed E-state index contributed by atoms with van der Waals surface area (Å²) in [6.45, 7) is 0.635. The normalized spacial score (nSPS) is 18.1. The minimum Gasteiger partial charge on any atom is -0.347 e. The molecule has 18 heavy (non-hydrogen) atoms. The molecule has 2 aromatic rings. The fourth-order valence-electron chi connectivity index (χ4n) is 2.00. The molecule has 92 valence electrons. The van der Waals surface area contributed by atoms with Crippen molar-refractivity contribution in [2.24, 2.45) is 0 Å². The topological polar surface area (TPSA) is 82.7 Å². The first-order valence-corrected chi connectivity index (χ1v) is 5.79. The zero-order valence-electron chi connectivity index (χ0n) is 9.68. The number of aromatic nitrogens is 3. The first-order chi connectivity index (χ1) is 8.83. The summed E-state index contributed by atoms with van der Waals surface area (Å²) in [6.07, 6.45) is 3.90. The van der Waals surface area contributed by atoms with E-state index in [1.165, 1.54) is 0 Å². The second kappa shape index (κ2) is 4.58. The number of amides is 1. The SMILES string of the molecule is O=C(Nc1ccccn1)C1Cc2nc[nH]c2CN1. The summed E-state index contributed by atoms with van der Waals surface area (Å²) in [4.78, 5) is 23.4. The number of imidazole rings is 1. The largest absolute Gasteiger partial charge is 0.347 e. The molecule has 1 atom stereocenters. The predicted molar refractivity (Wildman–Crippen MR) is 65.8 cm³/mol. The molecule has 1 aliphatic heterocycles. The van der Waals surface area contributed by atoms with Crippen molar-refractivity contribution in [1.29, 1.82) is 0 Å². The Morgan fingerprint density at radius 2 is 2.33 bits per heavy atom. The van der Waals surface area contributed by atoms with Crippen LogP contribution in [0.2, 0.25) is 0 Å². The summed E-state index contributed by atoms with van der Waals surface area (Å²) < 4.78 is 0. The van der Waals surface area contributed by atoms with Gasteiger partial charge in [-0.25, -0.2) is 9.97 Å². The van der Waals surface area contributed by atoms with Crippen LogP contribution in [0.3, 0.4) is 0 Å². The van der Waals surface area contributed by atoms with Gasteiger partial charge in [-0.05, 0) is 12.1 Å². The third-order valence-corrected chi connectivity index (χ3v) is 2.96. The van der Waals surface area contributed by atoms with Crippen molar-refractivity contribution in [1.82, 2.24) is 20.3 Å². The van der Waals surface area contributed by atoms with Crippen LogP contribution in [0.1, 0.15) is 11.4 Å². The standard InChI is InChI=1S/C12H13N5O/c18-12(17-11-3-1-2-4-13-11)9-5-8-10(6-14-9)16-7-15-8/h1-4,7,9,14H,5-6H2,(H,15,16)(H,13,17,18). The van der Waals surface area contributed by atoms with E-state index in [1.54, 1.807) is 18.6 Å². The molecule has 6 heteroatoms. The highest BCUT2D eigenvalue weighted by molar-refractivity contribution is 5.94. The molecule has 0 bridgehead atoms. The second-order valence-electron chi connectivity index (χ2n) is 4.17. The average Bonchev–Trinajstić information content (AvgIpc) is 2.87. The summed E-state index contributed by atoms with van der Waals surface area (Å²) in [5.74, 6) is 0.486. The van der Waals surface area contributed by atoms with Crippen LogP contribution in [-0.4, -0.2) is 26.9 Å². The van der Waals surface area contributed by atoms with E-state index < -0.39 is 0 Å². The van der Waals surface area contributed by atoms with Gasteiger partial charge in [-0.3, -0.25) is 10.1 Å². The van der Waals surface area contributed by atoms with Crippen LogP contribution in [0.25, 0.3) is 0 Å². The van der Waals surface area contributed by atoms with Crippen molar-refractivity contribution in [3.63, 3.8) is 0 Å². The molecule has 0 saturated heterocycles. The zero-order chi connectivity index (χ0) is 12.4. The number of carbonyl (C=O) groups is 1. The van der Waals surface area contributed by atoms with Crippen molar-refractivity contribution < 1.29 is 4.79 Å². The summed E-state index contributed by atoms with van der Waals surface area (Å²) in [6, 6.07) is 5.15. The lowest BCUT2D eigenvalue weighted by Gasteiger charge is -2.21. The fourth-order valence-corrected chi connectivity index (χ4v) is 2.00. The molecule has 0 aromatic carbocycles. The maximum atomic E-state index is 12.0. The maximum Gasteiger partial charge on any atom is 0.243 e. The third-order valence-electron chi connectivity index (χ3n) is 2.96. The number of hydrogen-bond acceptors (Lipinski definition) is 4. The number of nitrogens with zero attached hydrogens (tertiary/aromatic N) is 2. The van der Waals surface area contributed by atoms with Crippen LogP contribution in [-0.2, 0) is 17.8 Å². The van der Waals surface area contributed by atoms with Crippen LogP contribution < -0.4 is 10.6 Å². The van der Waals surface area contributed by atoms with E-state index in [0.29, 0.717) is 18.8 Å². The van der Waals surface area contributed by atoms with E-state index >= 15 is 0 Å². The number of nitrogens with one attached hydrogen (secondary N) is 3. The van der Waals surface area contributed by atoms with Crippen molar-refractivity contribution in [2.45, 2.75) is 19.0 Å². The highest BCUT2D eigenvalue weighted by atomic mass is 16.2. The number of rotatable bonds is 2. The monoisotopic (exact) mass is 243 g/mol. The van der Waals surface area contributed by atoms with Gasteiger partial charge in [0.2, 0.25) is 5.91 Å². The van der Waals surface area contributed by atoms with E-state index in [4.69, 9.17) is 0 Å². The number of pyridine rings is 1. The highest BCUT2D eigenvalue weighted by Crippen LogP contribution is 2.13. The Hall–Kier alpha value is -2.21. The zero-order valence-corrected chi connectivity index (χ0v) is 9.68. The molecule has 0 spiro atoms. The van der Waals surface area contributed by atoms with Gasteiger partial charge >= 0.3 is 0 Å². The molecule has 3 heterocycles. The molecular weight excluding hydrogens is 230 g/mol. The van der Waals surface area contributed by atoms with Gasteiger partial charge in [0.15, 0.2) is 0 Å². The number of carbonyl (C=O) groups excluding carboxylic acids is 1. The van der Waals surface area contributed by atoms with E-state index in [9.17, 15) is 4.79 Å². The van der Waals surface area contributed by atoms with E-state index in [2.05, 4.69) is 25.6 Å². The van der Waals surface area contributed by atoms with Crippen LogP contribution in [0.5, 0.6) is 0 Å². The number of H-pyrrole nitrogens is 1. The number of hydrogen-bond donors (Lipinski definition) is 3. The van der Waals surface area contributed by atoms with Gasteiger partial charge in [0, 0.05) is 19.2 Å². The Labute approximate surface area is 104 Å². The van der Waals surface area contributed by atoms with Gasteiger partial charge in [-0.2, -0.15) is 0 Å². The lowest BCUT2D eigenvalue weighted by atomic mass is 10.0. The van der Waals surface area contributed by atoms with Gasteiger partial charge in [0.1, 0.15) is 5.82 Å². The molecule has 3 rings (SSSR count). The molecule has 2 aromatic heterocycles. The van der Waals surface area contributed by atoms with Crippen LogP contribution >= 0.6 is 0 Å². The van der Waals surface area contributed by atoms with Gasteiger partial charge < -0.3 is 10.3 Å². The maximum absolute atomic E-state index is 12.0. The van der Waals surface area contributed by atoms with Gasteiger partial charge in [-0.1, -0.05) is 6.07 Å². The lowest BCUT2D eigenvalue weighted by molar-refractivity contribution is -0.118. The fraction of sp³-hybridized carbons (Fsp3) is 0.250. The number of fused-ring (bicyclic) bond motifs is 1. The molecule has 0 fully saturated rings. The molecule has 0 aliphatic carbocycles. The Bertz CT molecular complexity index is 551. The van der Waals surface area contributed by atoms with Gasteiger partial charge in [0.05, 0.1) is 23.8 Å². The Morgan fingerprint density at radius 3 is 3.17 bits per heavy atom. The van der Waals surface area contributed by atoms with Crippen LogP contribution in [0.15, 0.2) is 30.7 Å². The van der Waals surface area contributed by atoms with Gasteiger partial charge in [-0.15, -0.1) is 0 Å². The summed E-state index contributed by atoms with van der Waals surface area (Å²) in [7, 11) is 0. The minimum atomic E-state index is -0.261. The Balaban J connectivity index is 1.68. The molecule has 6 nitrogen and oxygen atoms in total. The molecule has 1 unspecified atom stereocenters. The molecule has 1 aliphatic rings. The van der Waals surface area contributed by atoms with E-state index in [1.807, 2.05) is 12.1 Å². The van der Waals surface area contributed by atoms with Crippen molar-refractivity contribution in [3.05, 3.63) is 42.1 Å². The van der Waals surface area contributed by atoms with Crippen molar-refractivity contribution in [3.8, 4) is 0 Å². The summed E-state index contributed by atoms with van der Waals surface area (Å²) in [5, 5.41) is 5.95. The first kappa shape index (κ1) is 10.9. The number of anilines is 1. The molecule has 1 amide bonds. The van der Waals surface area contributed by atoms with Crippen LogP contribution in [0, 0.1) is 0 Å². The second-order valence-corrected chi connectivity index (χ2v) is 4.17. The summed E-state index contributed by atoms with van der Waals surface area (Å²) >= 11 is 0. The molecule has 0 radical (unpaired) electrons.